The van der Waals surface area contributed by atoms with E-state index in [1.165, 1.54) is 30.4 Å². The first kappa shape index (κ1) is 22.4. The number of hydrogen-bond acceptors (Lipinski definition) is 1. The highest BCUT2D eigenvalue weighted by molar-refractivity contribution is 6.81. The lowest BCUT2D eigenvalue weighted by atomic mass is 9.97. The third kappa shape index (κ3) is 4.59. The molecular formula is C25H42OSi. The van der Waals surface area contributed by atoms with E-state index < -0.39 is 8.32 Å². The van der Waals surface area contributed by atoms with Crippen LogP contribution in [0.5, 0.6) is 0 Å². The average molecular weight is 387 g/mol. The smallest absolute Gasteiger partial charge is 0.211 e. The molecule has 152 valence electrons. The van der Waals surface area contributed by atoms with Crippen molar-refractivity contribution in [2.75, 3.05) is 0 Å². The molecule has 1 unspecified atom stereocenters. The van der Waals surface area contributed by atoms with E-state index in [1.54, 1.807) is 0 Å². The molecule has 1 saturated carbocycles. The quantitative estimate of drug-likeness (QED) is 0.354. The molecule has 3 atom stereocenters. The fourth-order valence-electron chi connectivity index (χ4n) is 5.99. The summed E-state index contributed by atoms with van der Waals surface area (Å²) in [6.07, 6.45) is 4.01. The first-order valence-corrected chi connectivity index (χ1v) is 12.7. The van der Waals surface area contributed by atoms with Gasteiger partial charge in [-0.1, -0.05) is 90.8 Å². The van der Waals surface area contributed by atoms with Crippen molar-refractivity contribution in [1.29, 1.82) is 0 Å². The van der Waals surface area contributed by atoms with Gasteiger partial charge in [0.25, 0.3) is 0 Å². The van der Waals surface area contributed by atoms with Gasteiger partial charge in [0.05, 0.1) is 6.61 Å². The summed E-state index contributed by atoms with van der Waals surface area (Å²) in [5.41, 5.74) is 3.13. The predicted molar refractivity (Wildman–Crippen MR) is 121 cm³/mol. The highest BCUT2D eigenvalue weighted by Crippen LogP contribution is 2.63. The molecule has 0 aromatic heterocycles. The number of rotatable bonds is 6. The second-order valence-corrected chi connectivity index (χ2v) is 16.4. The van der Waals surface area contributed by atoms with Crippen molar-refractivity contribution >= 4 is 8.32 Å². The van der Waals surface area contributed by atoms with E-state index in [-0.39, 0.29) is 10.1 Å². The third-order valence-electron chi connectivity index (χ3n) is 6.71. The Morgan fingerprint density at radius 3 is 2.04 bits per heavy atom. The van der Waals surface area contributed by atoms with Crippen molar-refractivity contribution in [1.82, 2.24) is 0 Å². The Kier molecular flexibility index (Phi) is 6.85. The van der Waals surface area contributed by atoms with Crippen LogP contribution in [0.4, 0.5) is 0 Å². The molecule has 0 N–H and O–H groups in total. The van der Waals surface area contributed by atoms with E-state index in [2.05, 4.69) is 92.3 Å². The maximum Gasteiger partial charge on any atom is 0.211 e. The first-order valence-electron chi connectivity index (χ1n) is 10.7. The maximum absolute atomic E-state index is 7.19. The lowest BCUT2D eigenvalue weighted by molar-refractivity contribution is 0.227. The van der Waals surface area contributed by atoms with Gasteiger partial charge in [-0.15, -0.1) is 6.58 Å². The Labute approximate surface area is 169 Å². The molecule has 0 aliphatic heterocycles. The van der Waals surface area contributed by atoms with Crippen LogP contribution in [-0.4, -0.2) is 8.32 Å². The lowest BCUT2D eigenvalue weighted by Crippen LogP contribution is -2.59. The van der Waals surface area contributed by atoms with Gasteiger partial charge in [0.15, 0.2) is 0 Å². The Balaban J connectivity index is 2.53. The van der Waals surface area contributed by atoms with Gasteiger partial charge in [0.2, 0.25) is 8.32 Å². The molecule has 0 bridgehead atoms. The van der Waals surface area contributed by atoms with Gasteiger partial charge >= 0.3 is 0 Å². The fourth-order valence-corrected chi connectivity index (χ4v) is 13.2. The van der Waals surface area contributed by atoms with Crippen LogP contribution in [0, 0.1) is 11.8 Å². The van der Waals surface area contributed by atoms with Crippen molar-refractivity contribution in [2.24, 2.45) is 11.8 Å². The summed E-state index contributed by atoms with van der Waals surface area (Å²) < 4.78 is 7.19. The second-order valence-electron chi connectivity index (χ2n) is 11.0. The molecule has 0 saturated heterocycles. The van der Waals surface area contributed by atoms with Crippen molar-refractivity contribution in [3.05, 3.63) is 48.0 Å². The van der Waals surface area contributed by atoms with Crippen molar-refractivity contribution in [2.45, 2.75) is 96.9 Å². The highest BCUT2D eigenvalue weighted by Gasteiger charge is 2.62. The molecule has 2 rings (SSSR count). The third-order valence-corrected chi connectivity index (χ3v) is 13.6. The van der Waals surface area contributed by atoms with E-state index in [0.717, 1.165) is 11.8 Å². The summed E-state index contributed by atoms with van der Waals surface area (Å²) >= 11 is 0. The van der Waals surface area contributed by atoms with Crippen LogP contribution in [-0.2, 0) is 11.0 Å². The molecule has 1 fully saturated rings. The van der Waals surface area contributed by atoms with Crippen molar-refractivity contribution in [3.63, 3.8) is 0 Å². The largest absolute Gasteiger partial charge is 0.411 e. The molecule has 0 amide bonds. The van der Waals surface area contributed by atoms with Crippen LogP contribution in [0.15, 0.2) is 42.5 Å². The summed E-state index contributed by atoms with van der Waals surface area (Å²) in [5, 5.41) is 0.269. The van der Waals surface area contributed by atoms with Gasteiger partial charge in [-0.25, -0.2) is 0 Å². The predicted octanol–water partition coefficient (Wildman–Crippen LogP) is 8.13. The molecule has 1 aliphatic rings. The molecular weight excluding hydrogens is 344 g/mol. The topological polar surface area (TPSA) is 9.23 Å². The van der Waals surface area contributed by atoms with Crippen LogP contribution in [0.3, 0.4) is 0 Å². The zero-order chi connectivity index (χ0) is 20.5. The zero-order valence-corrected chi connectivity index (χ0v) is 20.1. The summed E-state index contributed by atoms with van der Waals surface area (Å²) in [7, 11) is -2.27. The second kappa shape index (κ2) is 8.25. The molecule has 27 heavy (non-hydrogen) atoms. The van der Waals surface area contributed by atoms with Gasteiger partial charge in [0, 0.05) is 5.54 Å². The lowest BCUT2D eigenvalue weighted by Gasteiger charge is -2.56. The summed E-state index contributed by atoms with van der Waals surface area (Å²) in [6.45, 7) is 24.4. The van der Waals surface area contributed by atoms with Gasteiger partial charge in [-0.2, -0.15) is 0 Å². The molecule has 1 aliphatic carbocycles. The van der Waals surface area contributed by atoms with Crippen LogP contribution < -0.4 is 0 Å². The molecule has 1 aromatic rings. The molecule has 1 aromatic carbocycles. The van der Waals surface area contributed by atoms with E-state index in [4.69, 9.17) is 4.43 Å². The van der Waals surface area contributed by atoms with E-state index >= 15 is 0 Å². The van der Waals surface area contributed by atoms with E-state index in [0.29, 0.717) is 12.1 Å². The first-order chi connectivity index (χ1) is 12.4. The van der Waals surface area contributed by atoms with Crippen LogP contribution in [0.25, 0.3) is 0 Å². The summed E-state index contributed by atoms with van der Waals surface area (Å²) in [6, 6.07) is 10.7. The Morgan fingerprint density at radius 2 is 1.63 bits per heavy atom. The fraction of sp³-hybridized carbons (Fsp3) is 0.680. The summed E-state index contributed by atoms with van der Waals surface area (Å²) in [5.74, 6) is 1.55. The van der Waals surface area contributed by atoms with Gasteiger partial charge in [-0.05, 0) is 47.2 Å². The minimum Gasteiger partial charge on any atom is -0.411 e. The molecule has 2 heteroatoms. The minimum atomic E-state index is -2.27. The monoisotopic (exact) mass is 386 g/mol. The van der Waals surface area contributed by atoms with E-state index in [1.807, 2.05) is 0 Å². The van der Waals surface area contributed by atoms with Gasteiger partial charge in [-0.3, -0.25) is 0 Å². The maximum atomic E-state index is 7.19. The van der Waals surface area contributed by atoms with Gasteiger partial charge < -0.3 is 4.43 Å². The molecule has 0 spiro atoms. The van der Waals surface area contributed by atoms with Crippen LogP contribution in [0.2, 0.25) is 15.6 Å². The normalized spacial score (nSPS) is 22.7. The molecule has 1 nitrogen and oxygen atoms in total. The Morgan fingerprint density at radius 1 is 1.07 bits per heavy atom. The molecule has 0 radical (unpaired) electrons. The average Bonchev–Trinajstić information content (AvgIpc) is 2.95. The van der Waals surface area contributed by atoms with Crippen molar-refractivity contribution in [3.8, 4) is 0 Å². The number of benzene rings is 1. The SMILES string of the molecule is C=C(C)C([C@H]1CC[C@@H](C)C1)[Si](OCc1ccccc1)(C(C)(C)C)C(C)(C)C. The van der Waals surface area contributed by atoms with E-state index in [9.17, 15) is 0 Å². The van der Waals surface area contributed by atoms with Crippen LogP contribution in [0.1, 0.15) is 80.2 Å². The minimum absolute atomic E-state index is 0.134. The number of hydrogen-bond donors (Lipinski definition) is 0. The van der Waals surface area contributed by atoms with Gasteiger partial charge in [0.1, 0.15) is 0 Å². The summed E-state index contributed by atoms with van der Waals surface area (Å²) in [4.78, 5) is 0. The standard InChI is InChI=1S/C25H42OSi/c1-19(2)23(22-16-15-20(3)17-22)27(24(4,5)6,25(7,8)9)26-18-21-13-11-10-12-14-21/h10-14,20,22-23H,1,15-18H2,2-9H3/t20-,22+,23?/m1/s1. The highest BCUT2D eigenvalue weighted by atomic mass is 28.4. The zero-order valence-electron chi connectivity index (χ0n) is 19.1. The Hall–Kier alpha value is -0.863. The van der Waals surface area contributed by atoms with Crippen molar-refractivity contribution < 1.29 is 4.43 Å². The number of allylic oxidation sites excluding steroid dienone is 1. The molecule has 0 heterocycles. The Bertz CT molecular complexity index is 606. The van der Waals surface area contributed by atoms with Crippen LogP contribution >= 0.6 is 0 Å².